The van der Waals surface area contributed by atoms with Crippen LogP contribution in [-0.4, -0.2) is 37.0 Å². The number of nitrogens with one attached hydrogen (secondary N) is 1. The Morgan fingerprint density at radius 2 is 2.20 bits per heavy atom. The minimum absolute atomic E-state index is 0.0444. The minimum atomic E-state index is 0.0444. The quantitative estimate of drug-likeness (QED) is 0.758. The summed E-state index contributed by atoms with van der Waals surface area (Å²) in [7, 11) is 0. The normalized spacial score (nSPS) is 16.1. The van der Waals surface area contributed by atoms with Crippen molar-refractivity contribution < 1.29 is 4.79 Å². The van der Waals surface area contributed by atoms with E-state index in [0.29, 0.717) is 9.75 Å². The molecule has 1 saturated heterocycles. The summed E-state index contributed by atoms with van der Waals surface area (Å²) in [5, 5.41) is 11.9. The fourth-order valence-electron chi connectivity index (χ4n) is 1.54. The fraction of sp³-hybridized carbons (Fsp3) is 0.400. The number of piperazine rings is 1. The molecule has 0 spiro atoms. The van der Waals surface area contributed by atoms with Crippen molar-refractivity contribution in [1.29, 1.82) is 5.26 Å². The highest BCUT2D eigenvalue weighted by Crippen LogP contribution is 2.17. The lowest BCUT2D eigenvalue weighted by Crippen LogP contribution is -2.46. The van der Waals surface area contributed by atoms with Gasteiger partial charge in [-0.2, -0.15) is 5.26 Å². The fourth-order valence-corrected chi connectivity index (χ4v) is 2.31. The van der Waals surface area contributed by atoms with E-state index in [1.54, 1.807) is 12.1 Å². The van der Waals surface area contributed by atoms with Gasteiger partial charge in [0.15, 0.2) is 0 Å². The van der Waals surface area contributed by atoms with Gasteiger partial charge in [-0.05, 0) is 12.1 Å². The largest absolute Gasteiger partial charge is 0.335 e. The van der Waals surface area contributed by atoms with Crippen LogP contribution in [-0.2, 0) is 0 Å². The molecule has 5 heteroatoms. The summed E-state index contributed by atoms with van der Waals surface area (Å²) in [5.41, 5.74) is 0. The molecule has 1 aliphatic heterocycles. The van der Waals surface area contributed by atoms with Crippen molar-refractivity contribution in [3.05, 3.63) is 21.9 Å². The average Bonchev–Trinajstić information content (AvgIpc) is 2.78. The van der Waals surface area contributed by atoms with Gasteiger partial charge in [0.1, 0.15) is 10.9 Å². The van der Waals surface area contributed by atoms with Crippen LogP contribution in [0.4, 0.5) is 0 Å². The van der Waals surface area contributed by atoms with Crippen molar-refractivity contribution in [2.75, 3.05) is 26.2 Å². The average molecular weight is 221 g/mol. The van der Waals surface area contributed by atoms with E-state index in [4.69, 9.17) is 5.26 Å². The third kappa shape index (κ3) is 2.17. The molecule has 15 heavy (non-hydrogen) atoms. The van der Waals surface area contributed by atoms with Gasteiger partial charge in [0.2, 0.25) is 0 Å². The van der Waals surface area contributed by atoms with Gasteiger partial charge in [0.05, 0.1) is 4.88 Å². The van der Waals surface area contributed by atoms with E-state index in [0.717, 1.165) is 26.2 Å². The predicted molar refractivity (Wildman–Crippen MR) is 57.8 cm³/mol. The summed E-state index contributed by atoms with van der Waals surface area (Å²) >= 11 is 1.26. The number of nitrogens with zero attached hydrogens (tertiary/aromatic N) is 2. The number of amides is 1. The smallest absolute Gasteiger partial charge is 0.264 e. The summed E-state index contributed by atoms with van der Waals surface area (Å²) in [5.74, 6) is 0.0444. The number of rotatable bonds is 1. The summed E-state index contributed by atoms with van der Waals surface area (Å²) in [6, 6.07) is 5.46. The first-order valence-electron chi connectivity index (χ1n) is 4.81. The Hall–Kier alpha value is -1.38. The van der Waals surface area contributed by atoms with Crippen LogP contribution in [0.15, 0.2) is 12.1 Å². The molecular weight excluding hydrogens is 210 g/mol. The maximum atomic E-state index is 11.9. The van der Waals surface area contributed by atoms with Crippen molar-refractivity contribution >= 4 is 17.2 Å². The highest BCUT2D eigenvalue weighted by molar-refractivity contribution is 7.14. The Labute approximate surface area is 92.1 Å². The van der Waals surface area contributed by atoms with Crippen LogP contribution < -0.4 is 5.32 Å². The van der Waals surface area contributed by atoms with Crippen LogP contribution in [0, 0.1) is 11.3 Å². The van der Waals surface area contributed by atoms with E-state index in [1.807, 2.05) is 11.0 Å². The first-order valence-corrected chi connectivity index (χ1v) is 5.63. The van der Waals surface area contributed by atoms with E-state index in [-0.39, 0.29) is 5.91 Å². The summed E-state index contributed by atoms with van der Waals surface area (Å²) in [6.45, 7) is 3.20. The molecule has 2 heterocycles. The Bertz CT molecular complexity index is 401. The molecule has 1 aromatic rings. The van der Waals surface area contributed by atoms with E-state index < -0.39 is 0 Å². The number of nitriles is 1. The van der Waals surface area contributed by atoms with Crippen LogP contribution in [0.2, 0.25) is 0 Å². The molecule has 0 unspecified atom stereocenters. The van der Waals surface area contributed by atoms with Crippen LogP contribution in [0.1, 0.15) is 14.5 Å². The van der Waals surface area contributed by atoms with E-state index in [1.165, 1.54) is 11.3 Å². The Morgan fingerprint density at radius 1 is 1.47 bits per heavy atom. The number of hydrogen-bond donors (Lipinski definition) is 1. The molecule has 1 aromatic heterocycles. The Balaban J connectivity index is 2.09. The van der Waals surface area contributed by atoms with Crippen molar-refractivity contribution in [3.63, 3.8) is 0 Å². The molecule has 1 fully saturated rings. The zero-order valence-electron chi connectivity index (χ0n) is 8.19. The van der Waals surface area contributed by atoms with E-state index in [2.05, 4.69) is 5.32 Å². The third-order valence-corrected chi connectivity index (χ3v) is 3.31. The molecule has 4 nitrogen and oxygen atoms in total. The van der Waals surface area contributed by atoms with Crippen LogP contribution in [0.5, 0.6) is 0 Å². The summed E-state index contributed by atoms with van der Waals surface area (Å²) < 4.78 is 0. The van der Waals surface area contributed by atoms with Gasteiger partial charge in [0.25, 0.3) is 5.91 Å². The molecule has 78 valence electrons. The molecule has 2 rings (SSSR count). The molecule has 1 N–H and O–H groups in total. The number of thiophene rings is 1. The maximum absolute atomic E-state index is 11.9. The molecule has 0 aromatic carbocycles. The Kier molecular flexibility index (Phi) is 2.99. The maximum Gasteiger partial charge on any atom is 0.264 e. The van der Waals surface area contributed by atoms with Gasteiger partial charge in [-0.25, -0.2) is 0 Å². The summed E-state index contributed by atoms with van der Waals surface area (Å²) in [6.07, 6.45) is 0. The van der Waals surface area contributed by atoms with E-state index >= 15 is 0 Å². The predicted octanol–water partition coefficient (Wildman–Crippen LogP) is 0.665. The molecule has 0 saturated carbocycles. The molecule has 0 bridgehead atoms. The van der Waals surface area contributed by atoms with Gasteiger partial charge in [-0.15, -0.1) is 11.3 Å². The van der Waals surface area contributed by atoms with Gasteiger partial charge < -0.3 is 10.2 Å². The first kappa shape index (κ1) is 10.1. The van der Waals surface area contributed by atoms with Gasteiger partial charge >= 0.3 is 0 Å². The molecule has 0 radical (unpaired) electrons. The number of hydrogen-bond acceptors (Lipinski definition) is 4. The standard InChI is InChI=1S/C10H11N3OS/c11-7-8-1-2-9(15-8)10(14)13-5-3-12-4-6-13/h1-2,12H,3-6H2. The molecule has 0 aliphatic carbocycles. The van der Waals surface area contributed by atoms with E-state index in [9.17, 15) is 4.79 Å². The Morgan fingerprint density at radius 3 is 2.80 bits per heavy atom. The molecule has 1 aliphatic rings. The zero-order valence-corrected chi connectivity index (χ0v) is 9.01. The van der Waals surface area contributed by atoms with Crippen molar-refractivity contribution in [3.8, 4) is 6.07 Å². The first-order chi connectivity index (χ1) is 7.31. The number of carbonyl (C=O) groups is 1. The zero-order chi connectivity index (χ0) is 10.7. The third-order valence-electron chi connectivity index (χ3n) is 2.33. The van der Waals surface area contributed by atoms with Gasteiger partial charge in [-0.3, -0.25) is 4.79 Å². The van der Waals surface area contributed by atoms with Crippen LogP contribution in [0.3, 0.4) is 0 Å². The molecule has 0 atom stereocenters. The monoisotopic (exact) mass is 221 g/mol. The highest BCUT2D eigenvalue weighted by atomic mass is 32.1. The van der Waals surface area contributed by atoms with Gasteiger partial charge in [-0.1, -0.05) is 0 Å². The lowest BCUT2D eigenvalue weighted by atomic mass is 10.3. The molecular formula is C10H11N3OS. The molecule has 1 amide bonds. The van der Waals surface area contributed by atoms with Gasteiger partial charge in [0, 0.05) is 26.2 Å². The second kappa shape index (κ2) is 4.43. The van der Waals surface area contributed by atoms with Crippen molar-refractivity contribution in [2.45, 2.75) is 0 Å². The second-order valence-electron chi connectivity index (χ2n) is 3.32. The minimum Gasteiger partial charge on any atom is -0.335 e. The lowest BCUT2D eigenvalue weighted by Gasteiger charge is -2.26. The SMILES string of the molecule is N#Cc1ccc(C(=O)N2CCNCC2)s1. The summed E-state index contributed by atoms with van der Waals surface area (Å²) in [4.78, 5) is 15.0. The van der Waals surface area contributed by atoms with Crippen LogP contribution in [0.25, 0.3) is 0 Å². The van der Waals surface area contributed by atoms with Crippen molar-refractivity contribution in [1.82, 2.24) is 10.2 Å². The highest BCUT2D eigenvalue weighted by Gasteiger charge is 2.19. The number of carbonyl (C=O) groups excluding carboxylic acids is 1. The van der Waals surface area contributed by atoms with Crippen molar-refractivity contribution in [2.24, 2.45) is 0 Å². The van der Waals surface area contributed by atoms with Crippen LogP contribution >= 0.6 is 11.3 Å². The second-order valence-corrected chi connectivity index (χ2v) is 4.40. The topological polar surface area (TPSA) is 56.1 Å². The lowest BCUT2D eigenvalue weighted by molar-refractivity contribution is 0.0740.